The number of carboxylic acid groups (broad SMARTS) is 1. The van der Waals surface area contributed by atoms with Crippen LogP contribution in [0.3, 0.4) is 0 Å². The monoisotopic (exact) mass is 195 g/mol. The molecule has 0 aromatic rings. The molecule has 0 aromatic carbocycles. The first-order chi connectivity index (χ1) is 6.62. The van der Waals surface area contributed by atoms with Crippen molar-refractivity contribution in [2.45, 2.75) is 26.2 Å². The Labute approximate surface area is 84.4 Å². The van der Waals surface area contributed by atoms with Crippen molar-refractivity contribution < 1.29 is 9.90 Å². The standard InChI is InChI=1S/C11H17NO2/c1-9(8-10(13)14)11-2-5-12(6-3-11)7-4-11/h8H,2-7H2,1H3,(H,13,14)/b9-8-. The fraction of sp³-hybridized carbons (Fsp3) is 0.727. The van der Waals surface area contributed by atoms with Gasteiger partial charge in [-0.15, -0.1) is 0 Å². The molecule has 3 aliphatic heterocycles. The molecule has 3 heteroatoms. The number of piperidine rings is 3. The molecular weight excluding hydrogens is 178 g/mol. The van der Waals surface area contributed by atoms with Crippen LogP contribution in [0.5, 0.6) is 0 Å². The van der Waals surface area contributed by atoms with Crippen LogP contribution in [-0.4, -0.2) is 35.6 Å². The van der Waals surface area contributed by atoms with E-state index in [0.29, 0.717) is 0 Å². The van der Waals surface area contributed by atoms with Crippen molar-refractivity contribution in [3.8, 4) is 0 Å². The maximum Gasteiger partial charge on any atom is 0.328 e. The number of fused-ring (bicyclic) bond motifs is 3. The number of aliphatic carboxylic acids is 1. The Balaban J connectivity index is 2.18. The highest BCUT2D eigenvalue weighted by atomic mass is 16.4. The maximum atomic E-state index is 10.6. The second kappa shape index (κ2) is 3.39. The van der Waals surface area contributed by atoms with Gasteiger partial charge in [0.15, 0.2) is 0 Å². The van der Waals surface area contributed by atoms with Crippen LogP contribution in [0.4, 0.5) is 0 Å². The first kappa shape index (κ1) is 9.71. The average Bonchev–Trinajstić information content (AvgIpc) is 2.19. The second-order valence-corrected chi connectivity index (χ2v) is 4.54. The summed E-state index contributed by atoms with van der Waals surface area (Å²) in [6, 6.07) is 0. The second-order valence-electron chi connectivity index (χ2n) is 4.54. The van der Waals surface area contributed by atoms with E-state index in [1.807, 2.05) is 6.92 Å². The van der Waals surface area contributed by atoms with Crippen LogP contribution in [-0.2, 0) is 4.79 Å². The molecule has 3 rings (SSSR count). The van der Waals surface area contributed by atoms with Crippen molar-refractivity contribution in [2.75, 3.05) is 19.6 Å². The lowest BCUT2D eigenvalue weighted by Crippen LogP contribution is -2.48. The lowest BCUT2D eigenvalue weighted by Gasteiger charge is -2.49. The smallest absolute Gasteiger partial charge is 0.328 e. The summed E-state index contributed by atoms with van der Waals surface area (Å²) < 4.78 is 0. The Morgan fingerprint density at radius 2 is 1.79 bits per heavy atom. The summed E-state index contributed by atoms with van der Waals surface area (Å²) in [5.74, 6) is -0.801. The van der Waals surface area contributed by atoms with E-state index >= 15 is 0 Å². The third-order valence-corrected chi connectivity index (χ3v) is 3.90. The third kappa shape index (κ3) is 1.57. The molecule has 3 heterocycles. The molecule has 0 radical (unpaired) electrons. The van der Waals surface area contributed by atoms with Gasteiger partial charge in [-0.25, -0.2) is 4.79 Å². The van der Waals surface area contributed by atoms with E-state index in [2.05, 4.69) is 4.90 Å². The van der Waals surface area contributed by atoms with E-state index in [1.54, 1.807) is 0 Å². The van der Waals surface area contributed by atoms with Gasteiger partial charge in [-0.2, -0.15) is 0 Å². The first-order valence-electron chi connectivity index (χ1n) is 5.26. The highest BCUT2D eigenvalue weighted by Gasteiger charge is 2.40. The molecule has 14 heavy (non-hydrogen) atoms. The van der Waals surface area contributed by atoms with Crippen LogP contribution in [0.1, 0.15) is 26.2 Å². The molecule has 0 spiro atoms. The van der Waals surface area contributed by atoms with Crippen LogP contribution < -0.4 is 0 Å². The molecule has 3 fully saturated rings. The number of carboxylic acids is 1. The Kier molecular flexibility index (Phi) is 2.35. The van der Waals surface area contributed by atoms with Gasteiger partial charge in [0.2, 0.25) is 0 Å². The summed E-state index contributed by atoms with van der Waals surface area (Å²) >= 11 is 0. The molecule has 3 nitrogen and oxygen atoms in total. The van der Waals surface area contributed by atoms with E-state index in [1.165, 1.54) is 6.08 Å². The van der Waals surface area contributed by atoms with E-state index in [9.17, 15) is 4.79 Å². The summed E-state index contributed by atoms with van der Waals surface area (Å²) in [7, 11) is 0. The van der Waals surface area contributed by atoms with Crippen molar-refractivity contribution in [1.82, 2.24) is 4.90 Å². The number of rotatable bonds is 2. The topological polar surface area (TPSA) is 40.5 Å². The van der Waals surface area contributed by atoms with Gasteiger partial charge < -0.3 is 10.0 Å². The number of nitrogens with zero attached hydrogens (tertiary/aromatic N) is 1. The van der Waals surface area contributed by atoms with Gasteiger partial charge in [-0.1, -0.05) is 5.57 Å². The zero-order valence-electron chi connectivity index (χ0n) is 8.62. The number of carbonyl (C=O) groups is 1. The summed E-state index contributed by atoms with van der Waals surface area (Å²) in [5.41, 5.74) is 1.29. The number of allylic oxidation sites excluding steroid dienone is 1. The molecule has 0 amide bonds. The van der Waals surface area contributed by atoms with Crippen LogP contribution in [0.25, 0.3) is 0 Å². The molecule has 1 N–H and O–H groups in total. The molecular formula is C11H17NO2. The van der Waals surface area contributed by atoms with Crippen molar-refractivity contribution in [1.29, 1.82) is 0 Å². The molecule has 0 atom stereocenters. The Bertz CT molecular complexity index is 261. The highest BCUT2D eigenvalue weighted by molar-refractivity contribution is 5.80. The predicted octanol–water partition coefficient (Wildman–Crippen LogP) is 1.50. The lowest BCUT2D eigenvalue weighted by molar-refractivity contribution is -0.131. The van der Waals surface area contributed by atoms with Gasteiger partial charge in [0.1, 0.15) is 0 Å². The minimum absolute atomic E-state index is 0.215. The van der Waals surface area contributed by atoms with Gasteiger partial charge in [-0.3, -0.25) is 0 Å². The quantitative estimate of drug-likeness (QED) is 0.679. The summed E-state index contributed by atoms with van der Waals surface area (Å²) in [5, 5.41) is 8.75. The van der Waals surface area contributed by atoms with E-state index in [0.717, 1.165) is 44.5 Å². The fourth-order valence-electron chi connectivity index (χ4n) is 2.76. The Morgan fingerprint density at radius 1 is 1.29 bits per heavy atom. The number of hydrogen-bond acceptors (Lipinski definition) is 2. The Morgan fingerprint density at radius 3 is 2.21 bits per heavy atom. The number of hydrogen-bond donors (Lipinski definition) is 1. The van der Waals surface area contributed by atoms with Crippen LogP contribution >= 0.6 is 0 Å². The summed E-state index contributed by atoms with van der Waals surface area (Å²) in [6.45, 7) is 5.41. The SMILES string of the molecule is C/C(=C/C(=O)O)C12CCN(CC1)CC2. The van der Waals surface area contributed by atoms with Gasteiger partial charge in [0.05, 0.1) is 0 Å². The van der Waals surface area contributed by atoms with Crippen LogP contribution in [0, 0.1) is 5.41 Å². The van der Waals surface area contributed by atoms with Gasteiger partial charge in [0, 0.05) is 6.08 Å². The average molecular weight is 195 g/mol. The molecule has 2 bridgehead atoms. The third-order valence-electron chi connectivity index (χ3n) is 3.90. The molecule has 0 aromatic heterocycles. The maximum absolute atomic E-state index is 10.6. The summed E-state index contributed by atoms with van der Waals surface area (Å²) in [6.07, 6.45) is 4.83. The molecule has 3 saturated heterocycles. The van der Waals surface area contributed by atoms with Crippen molar-refractivity contribution in [3.05, 3.63) is 11.6 Å². The van der Waals surface area contributed by atoms with Gasteiger partial charge in [-0.05, 0) is 51.2 Å². The largest absolute Gasteiger partial charge is 0.478 e. The van der Waals surface area contributed by atoms with E-state index < -0.39 is 5.97 Å². The zero-order chi connectivity index (χ0) is 10.2. The van der Waals surface area contributed by atoms with Crippen molar-refractivity contribution in [3.63, 3.8) is 0 Å². The zero-order valence-corrected chi connectivity index (χ0v) is 8.62. The van der Waals surface area contributed by atoms with Crippen molar-refractivity contribution >= 4 is 5.97 Å². The van der Waals surface area contributed by atoms with Crippen LogP contribution in [0.2, 0.25) is 0 Å². The molecule has 78 valence electrons. The van der Waals surface area contributed by atoms with E-state index in [4.69, 9.17) is 5.11 Å². The molecule has 0 saturated carbocycles. The van der Waals surface area contributed by atoms with Gasteiger partial charge in [0.25, 0.3) is 0 Å². The molecule has 0 aliphatic carbocycles. The van der Waals surface area contributed by atoms with Crippen molar-refractivity contribution in [2.24, 2.45) is 5.41 Å². The lowest BCUT2D eigenvalue weighted by atomic mass is 9.67. The van der Waals surface area contributed by atoms with Crippen LogP contribution in [0.15, 0.2) is 11.6 Å². The van der Waals surface area contributed by atoms with E-state index in [-0.39, 0.29) is 5.41 Å². The normalized spacial score (nSPS) is 37.2. The van der Waals surface area contributed by atoms with Gasteiger partial charge >= 0.3 is 5.97 Å². The Hall–Kier alpha value is -0.830. The minimum Gasteiger partial charge on any atom is -0.478 e. The predicted molar refractivity (Wildman–Crippen MR) is 54.1 cm³/mol. The summed E-state index contributed by atoms with van der Waals surface area (Å²) in [4.78, 5) is 13.1. The molecule has 3 aliphatic rings. The molecule has 0 unspecified atom stereocenters. The highest BCUT2D eigenvalue weighted by Crippen LogP contribution is 2.45. The minimum atomic E-state index is -0.801. The first-order valence-corrected chi connectivity index (χ1v) is 5.26. The fourth-order valence-corrected chi connectivity index (χ4v) is 2.76.